The fourth-order valence-corrected chi connectivity index (χ4v) is 3.64. The van der Waals surface area contributed by atoms with E-state index in [1.165, 1.54) is 25.6 Å². The van der Waals surface area contributed by atoms with Crippen molar-refractivity contribution in [3.05, 3.63) is 46.7 Å². The predicted octanol–water partition coefficient (Wildman–Crippen LogP) is 4.13. The van der Waals surface area contributed by atoms with Crippen LogP contribution in [0.25, 0.3) is 10.9 Å². The van der Waals surface area contributed by atoms with Crippen LogP contribution >= 0.6 is 15.9 Å². The van der Waals surface area contributed by atoms with Crippen molar-refractivity contribution >= 4 is 38.3 Å². The van der Waals surface area contributed by atoms with Crippen molar-refractivity contribution in [1.82, 2.24) is 14.9 Å². The number of hydrogen-bond donors (Lipinski definition) is 1. The second-order valence-electron chi connectivity index (χ2n) is 7.16. The van der Waals surface area contributed by atoms with Gasteiger partial charge in [-0.15, -0.1) is 0 Å². The third-order valence-electron chi connectivity index (χ3n) is 4.98. The van der Waals surface area contributed by atoms with Gasteiger partial charge in [0.15, 0.2) is 23.1 Å². The van der Waals surface area contributed by atoms with E-state index in [0.717, 1.165) is 13.1 Å². The van der Waals surface area contributed by atoms with Crippen LogP contribution < -0.4 is 14.8 Å². The van der Waals surface area contributed by atoms with Gasteiger partial charge in [-0.3, -0.25) is 0 Å². The molecule has 2 heterocycles. The van der Waals surface area contributed by atoms with Gasteiger partial charge < -0.3 is 24.4 Å². The summed E-state index contributed by atoms with van der Waals surface area (Å²) >= 11 is 2.97. The van der Waals surface area contributed by atoms with E-state index in [4.69, 9.17) is 14.2 Å². The van der Waals surface area contributed by atoms with Crippen molar-refractivity contribution in [3.63, 3.8) is 0 Å². The van der Waals surface area contributed by atoms with Crippen LogP contribution in [0.1, 0.15) is 0 Å². The van der Waals surface area contributed by atoms with E-state index in [-0.39, 0.29) is 16.3 Å². The number of morpholine rings is 1. The van der Waals surface area contributed by atoms with Gasteiger partial charge >= 0.3 is 0 Å². The van der Waals surface area contributed by atoms with Crippen LogP contribution in [0.4, 0.5) is 20.3 Å². The third kappa shape index (κ3) is 4.70. The van der Waals surface area contributed by atoms with Crippen LogP contribution in [0, 0.1) is 11.6 Å². The van der Waals surface area contributed by atoms with E-state index >= 15 is 0 Å². The smallest absolute Gasteiger partial charge is 0.183 e. The SMILES string of the molecule is COc1cc2c(Nc3ccc(Br)c(F)c3F)ncnc2cc1OCC1CN(C)CCO1. The lowest BCUT2D eigenvalue weighted by molar-refractivity contribution is -0.0406. The van der Waals surface area contributed by atoms with Crippen LogP contribution in [0.15, 0.2) is 35.1 Å². The Kier molecular flexibility index (Phi) is 6.49. The maximum absolute atomic E-state index is 14.3. The summed E-state index contributed by atoms with van der Waals surface area (Å²) in [6.07, 6.45) is 1.30. The highest BCUT2D eigenvalue weighted by atomic mass is 79.9. The second-order valence-corrected chi connectivity index (χ2v) is 8.01. The van der Waals surface area contributed by atoms with E-state index in [1.54, 1.807) is 12.1 Å². The Morgan fingerprint density at radius 3 is 2.84 bits per heavy atom. The molecule has 0 aliphatic carbocycles. The standard InChI is InChI=1S/C21H21BrF2N4O3/c1-28-5-6-30-12(9-28)10-31-18-8-16-13(7-17(18)29-2)21(26-11-25-16)27-15-4-3-14(22)19(23)20(15)24/h3-4,7-8,11-12H,5-6,9-10H2,1-2H3,(H,25,26,27). The van der Waals surface area contributed by atoms with E-state index < -0.39 is 11.6 Å². The van der Waals surface area contributed by atoms with Crippen molar-refractivity contribution in [2.75, 3.05) is 45.8 Å². The maximum atomic E-state index is 14.3. The summed E-state index contributed by atoms with van der Waals surface area (Å²) in [4.78, 5) is 10.6. The third-order valence-corrected chi connectivity index (χ3v) is 5.59. The molecule has 2 aromatic carbocycles. The Hall–Kier alpha value is -2.56. The first kappa shape index (κ1) is 21.7. The molecule has 1 aliphatic rings. The number of hydrogen-bond acceptors (Lipinski definition) is 7. The zero-order valence-corrected chi connectivity index (χ0v) is 18.6. The molecule has 1 aromatic heterocycles. The van der Waals surface area contributed by atoms with Crippen LogP contribution in [-0.4, -0.2) is 61.4 Å². The minimum atomic E-state index is -1.01. The molecule has 10 heteroatoms. The summed E-state index contributed by atoms with van der Waals surface area (Å²) in [6, 6.07) is 6.27. The lowest BCUT2D eigenvalue weighted by Gasteiger charge is -2.30. The van der Waals surface area contributed by atoms with Crippen molar-refractivity contribution in [2.24, 2.45) is 0 Å². The summed E-state index contributed by atoms with van der Waals surface area (Å²) in [5.41, 5.74) is 0.520. The molecular weight excluding hydrogens is 474 g/mol. The largest absolute Gasteiger partial charge is 0.493 e. The van der Waals surface area contributed by atoms with Crippen molar-refractivity contribution in [3.8, 4) is 11.5 Å². The first-order valence-corrected chi connectivity index (χ1v) is 10.4. The molecule has 0 amide bonds. The summed E-state index contributed by atoms with van der Waals surface area (Å²) in [5.74, 6) is -0.695. The molecule has 4 rings (SSSR count). The van der Waals surface area contributed by atoms with Gasteiger partial charge in [-0.2, -0.15) is 0 Å². The number of ether oxygens (including phenoxy) is 3. The predicted molar refractivity (Wildman–Crippen MR) is 116 cm³/mol. The number of methoxy groups -OCH3 is 1. The highest BCUT2D eigenvalue weighted by Gasteiger charge is 2.20. The zero-order valence-electron chi connectivity index (χ0n) is 17.0. The molecule has 0 spiro atoms. The molecule has 1 aliphatic heterocycles. The van der Waals surface area contributed by atoms with Gasteiger partial charge in [0.1, 0.15) is 24.9 Å². The van der Waals surface area contributed by atoms with Crippen LogP contribution in [-0.2, 0) is 4.74 Å². The van der Waals surface area contributed by atoms with E-state index in [1.807, 2.05) is 7.05 Å². The molecule has 0 saturated carbocycles. The van der Waals surface area contributed by atoms with Crippen molar-refractivity contribution < 1.29 is 23.0 Å². The number of nitrogens with zero attached hydrogens (tertiary/aromatic N) is 3. The van der Waals surface area contributed by atoms with Gasteiger partial charge in [0.25, 0.3) is 0 Å². The number of halogens is 3. The molecular formula is C21H21BrF2N4O3. The first-order valence-electron chi connectivity index (χ1n) is 9.62. The Morgan fingerprint density at radius 1 is 1.23 bits per heavy atom. The van der Waals surface area contributed by atoms with Gasteiger partial charge in [0, 0.05) is 24.5 Å². The van der Waals surface area contributed by atoms with Gasteiger partial charge in [0.2, 0.25) is 0 Å². The summed E-state index contributed by atoms with van der Waals surface area (Å²) in [5, 5.41) is 3.41. The van der Waals surface area contributed by atoms with Crippen LogP contribution in [0.5, 0.6) is 11.5 Å². The maximum Gasteiger partial charge on any atom is 0.183 e. The van der Waals surface area contributed by atoms with E-state index in [9.17, 15) is 8.78 Å². The normalized spacial score (nSPS) is 17.0. The molecule has 1 unspecified atom stereocenters. The zero-order chi connectivity index (χ0) is 22.0. The van der Waals surface area contributed by atoms with Gasteiger partial charge in [0.05, 0.1) is 29.4 Å². The first-order chi connectivity index (χ1) is 15.0. The average Bonchev–Trinajstić information content (AvgIpc) is 2.77. The minimum Gasteiger partial charge on any atom is -0.493 e. The molecule has 31 heavy (non-hydrogen) atoms. The Bertz CT molecular complexity index is 1100. The Labute approximate surface area is 186 Å². The number of benzene rings is 2. The number of anilines is 2. The molecule has 3 aromatic rings. The lowest BCUT2D eigenvalue weighted by atomic mass is 10.2. The van der Waals surface area contributed by atoms with E-state index in [2.05, 4.69) is 36.1 Å². The highest BCUT2D eigenvalue weighted by Crippen LogP contribution is 2.35. The molecule has 1 atom stereocenters. The average molecular weight is 495 g/mol. The molecule has 1 N–H and O–H groups in total. The number of fused-ring (bicyclic) bond motifs is 1. The molecule has 0 bridgehead atoms. The van der Waals surface area contributed by atoms with Crippen LogP contribution in [0.2, 0.25) is 0 Å². The minimum absolute atomic E-state index is 0.0414. The quantitative estimate of drug-likeness (QED) is 0.516. The molecule has 1 saturated heterocycles. The monoisotopic (exact) mass is 494 g/mol. The molecule has 7 nitrogen and oxygen atoms in total. The summed E-state index contributed by atoms with van der Waals surface area (Å²) in [6.45, 7) is 2.70. The molecule has 1 fully saturated rings. The van der Waals surface area contributed by atoms with Gasteiger partial charge in [-0.25, -0.2) is 18.7 Å². The number of nitrogens with one attached hydrogen (secondary N) is 1. The van der Waals surface area contributed by atoms with Crippen molar-refractivity contribution in [2.45, 2.75) is 6.10 Å². The highest BCUT2D eigenvalue weighted by molar-refractivity contribution is 9.10. The number of likely N-dealkylation sites (N-methyl/N-ethyl adjacent to an activating group) is 1. The van der Waals surface area contributed by atoms with E-state index in [0.29, 0.717) is 41.4 Å². The Balaban J connectivity index is 1.61. The van der Waals surface area contributed by atoms with Crippen molar-refractivity contribution in [1.29, 1.82) is 0 Å². The summed E-state index contributed by atoms with van der Waals surface area (Å²) in [7, 11) is 3.57. The fraction of sp³-hybridized carbons (Fsp3) is 0.333. The van der Waals surface area contributed by atoms with Gasteiger partial charge in [-0.1, -0.05) is 0 Å². The second kappa shape index (κ2) is 9.29. The van der Waals surface area contributed by atoms with Gasteiger partial charge in [-0.05, 0) is 41.2 Å². The number of rotatable bonds is 6. The summed E-state index contributed by atoms with van der Waals surface area (Å²) < 4.78 is 45.4. The topological polar surface area (TPSA) is 68.7 Å². The fourth-order valence-electron chi connectivity index (χ4n) is 3.34. The van der Waals surface area contributed by atoms with Crippen LogP contribution in [0.3, 0.4) is 0 Å². The molecule has 164 valence electrons. The number of aromatic nitrogens is 2. The molecule has 0 radical (unpaired) electrons. The lowest BCUT2D eigenvalue weighted by Crippen LogP contribution is -2.42. The Morgan fingerprint density at radius 2 is 2.06 bits per heavy atom.